The first-order valence-electron chi connectivity index (χ1n) is 11.2. The maximum Gasteiger partial charge on any atom is 0.434 e. The molecule has 34 heavy (non-hydrogen) atoms. The fraction of sp³-hybridized carbons (Fsp3) is 0.565. The molecular formula is C23H28F3N5O2S. The van der Waals surface area contributed by atoms with Crippen LogP contribution < -0.4 is 9.62 Å². The van der Waals surface area contributed by atoms with Gasteiger partial charge in [0.15, 0.2) is 5.69 Å². The number of fused-ring (bicyclic) bond motifs is 3. The van der Waals surface area contributed by atoms with E-state index in [1.54, 1.807) is 0 Å². The Kier molecular flexibility index (Phi) is 5.27. The molecule has 5 rings (SSSR count). The predicted octanol–water partition coefficient (Wildman–Crippen LogP) is 4.16. The third-order valence-corrected chi connectivity index (χ3v) is 8.09. The second kappa shape index (κ2) is 7.63. The number of aryl methyl sites for hydroxylation is 1. The highest BCUT2D eigenvalue weighted by Gasteiger charge is 2.50. The van der Waals surface area contributed by atoms with Crippen molar-refractivity contribution in [2.45, 2.75) is 51.6 Å². The van der Waals surface area contributed by atoms with Gasteiger partial charge < -0.3 is 9.64 Å². The number of aromatic nitrogens is 3. The lowest BCUT2D eigenvalue weighted by atomic mass is 9.78. The second-order valence-corrected chi connectivity index (χ2v) is 12.5. The van der Waals surface area contributed by atoms with E-state index in [2.05, 4.69) is 9.71 Å². The quantitative estimate of drug-likeness (QED) is 0.589. The van der Waals surface area contributed by atoms with Crippen molar-refractivity contribution < 1.29 is 22.1 Å². The molecule has 11 heteroatoms. The normalized spacial score (nSPS) is 19.9. The lowest BCUT2D eigenvalue weighted by Crippen LogP contribution is -2.66. The molecule has 184 valence electrons. The Morgan fingerprint density at radius 3 is 2.41 bits per heavy atom. The molecule has 0 amide bonds. The fourth-order valence-corrected chi connectivity index (χ4v) is 5.35. The molecule has 7 nitrogen and oxygen atoms in total. The monoisotopic (exact) mass is 495 g/mol. The Hall–Kier alpha value is -2.24. The maximum absolute atomic E-state index is 13.6. The zero-order chi connectivity index (χ0) is 24.6. The summed E-state index contributed by atoms with van der Waals surface area (Å²) < 4.78 is 63.1. The Labute approximate surface area is 198 Å². The van der Waals surface area contributed by atoms with E-state index in [9.17, 15) is 17.4 Å². The molecule has 0 aliphatic carbocycles. The number of hydrogen-bond acceptors (Lipinski definition) is 5. The molecule has 4 heterocycles. The molecule has 1 spiro atoms. The molecule has 3 aromatic rings. The van der Waals surface area contributed by atoms with Crippen molar-refractivity contribution in [2.24, 2.45) is 5.41 Å². The molecule has 2 aliphatic heterocycles. The molecule has 0 radical (unpaired) electrons. The number of halogens is 3. The minimum Gasteiger partial charge on any atom is -0.380 e. The first kappa shape index (κ1) is 23.5. The van der Waals surface area contributed by atoms with Gasteiger partial charge in [-0.15, -0.1) is 0 Å². The molecule has 2 fully saturated rings. The van der Waals surface area contributed by atoms with Gasteiger partial charge in [-0.25, -0.2) is 18.9 Å². The van der Waals surface area contributed by atoms with E-state index in [0.717, 1.165) is 17.3 Å². The maximum atomic E-state index is 13.6. The van der Waals surface area contributed by atoms with Crippen molar-refractivity contribution in [3.05, 3.63) is 35.2 Å². The summed E-state index contributed by atoms with van der Waals surface area (Å²) in [7, 11) is -1.33. The van der Waals surface area contributed by atoms with Crippen LogP contribution in [0.1, 0.15) is 50.6 Å². The van der Waals surface area contributed by atoms with Crippen molar-refractivity contribution in [2.75, 3.05) is 31.2 Å². The number of imidazole rings is 1. The lowest BCUT2D eigenvalue weighted by Gasteiger charge is -2.55. The highest BCUT2D eigenvalue weighted by molar-refractivity contribution is 7.84. The molecule has 0 bridgehead atoms. The first-order chi connectivity index (χ1) is 15.8. The highest BCUT2D eigenvalue weighted by Crippen LogP contribution is 2.41. The molecular weight excluding hydrogens is 467 g/mol. The van der Waals surface area contributed by atoms with Crippen LogP contribution in [-0.2, 0) is 21.9 Å². The lowest BCUT2D eigenvalue weighted by molar-refractivity contribution is -0.140. The van der Waals surface area contributed by atoms with Crippen molar-refractivity contribution >= 4 is 33.5 Å². The minimum atomic E-state index is -4.57. The van der Waals surface area contributed by atoms with Gasteiger partial charge in [0.25, 0.3) is 0 Å². The van der Waals surface area contributed by atoms with Crippen LogP contribution in [0.5, 0.6) is 0 Å². The first-order valence-corrected chi connectivity index (χ1v) is 12.3. The topological polar surface area (TPSA) is 71.8 Å². The summed E-state index contributed by atoms with van der Waals surface area (Å²) in [5.74, 6) is 0.428. The van der Waals surface area contributed by atoms with Crippen LogP contribution in [-0.4, -0.2) is 49.6 Å². The second-order valence-electron chi connectivity index (χ2n) is 10.5. The number of anilines is 1. The Bertz CT molecular complexity index is 1300. The molecule has 2 aromatic heterocycles. The summed E-state index contributed by atoms with van der Waals surface area (Å²) in [6.45, 7) is 12.1. The Balaban J connectivity index is 1.68. The minimum absolute atomic E-state index is 0.0605. The third kappa shape index (κ3) is 3.87. The zero-order valence-corrected chi connectivity index (χ0v) is 20.6. The highest BCUT2D eigenvalue weighted by atomic mass is 32.2. The number of nitrogens with one attached hydrogen (secondary N) is 1. The zero-order valence-electron chi connectivity index (χ0n) is 19.8. The number of benzene rings is 1. The smallest absolute Gasteiger partial charge is 0.380 e. The number of rotatable bonds is 4. The number of nitrogens with zero attached hydrogens (tertiary/aromatic N) is 4. The summed E-state index contributed by atoms with van der Waals surface area (Å²) in [6.07, 6.45) is -3.55. The van der Waals surface area contributed by atoms with Gasteiger partial charge in [-0.3, -0.25) is 4.40 Å². The van der Waals surface area contributed by atoms with Gasteiger partial charge in [-0.2, -0.15) is 13.2 Å². The summed E-state index contributed by atoms with van der Waals surface area (Å²) >= 11 is 0. The van der Waals surface area contributed by atoms with Gasteiger partial charge in [0, 0.05) is 30.7 Å². The predicted molar refractivity (Wildman–Crippen MR) is 125 cm³/mol. The number of alkyl halides is 3. The molecule has 2 aliphatic rings. The summed E-state index contributed by atoms with van der Waals surface area (Å²) in [5, 5.41) is 0.534. The Morgan fingerprint density at radius 1 is 1.18 bits per heavy atom. The van der Waals surface area contributed by atoms with Gasteiger partial charge >= 0.3 is 6.18 Å². The van der Waals surface area contributed by atoms with E-state index in [4.69, 9.17) is 9.72 Å². The molecule has 0 unspecified atom stereocenters. The molecule has 1 N–H and O–H groups in total. The SMILES string of the molecule is Cc1cc([C@@H](C)N[S@](=O)C(C)(C)C)c2nc(N3CC4(COC4)C3)n3cc(C(F)(F)F)nc3c2c1. The van der Waals surface area contributed by atoms with Crippen molar-refractivity contribution in [1.29, 1.82) is 0 Å². The summed E-state index contributed by atoms with van der Waals surface area (Å²) in [5.41, 5.74) is 1.52. The van der Waals surface area contributed by atoms with Crippen LogP contribution in [0.2, 0.25) is 0 Å². The van der Waals surface area contributed by atoms with E-state index < -0.39 is 27.6 Å². The standard InChI is InChI=1S/C23H28F3N5O2S/c1-13-6-15(14(2)29-34(32)21(3,4)5)18-16(7-13)19-27-17(23(24,25)26)8-31(19)20(28-18)30-9-22(10-30)11-33-12-22/h6-8,14,29H,9-12H2,1-5H3/t14-,34-/m1/s1. The fourth-order valence-electron chi connectivity index (χ4n) is 4.55. The van der Waals surface area contributed by atoms with Crippen molar-refractivity contribution in [1.82, 2.24) is 19.1 Å². The van der Waals surface area contributed by atoms with Crippen LogP contribution in [0.3, 0.4) is 0 Å². The van der Waals surface area contributed by atoms with Crippen LogP contribution in [0.4, 0.5) is 19.1 Å². The van der Waals surface area contributed by atoms with Gasteiger partial charge in [0.2, 0.25) is 5.95 Å². The van der Waals surface area contributed by atoms with Crippen LogP contribution in [0.15, 0.2) is 18.3 Å². The summed E-state index contributed by atoms with van der Waals surface area (Å²) in [6, 6.07) is 3.41. The van der Waals surface area contributed by atoms with E-state index >= 15 is 0 Å². The Morgan fingerprint density at radius 2 is 1.85 bits per heavy atom. The molecule has 0 saturated carbocycles. The summed E-state index contributed by atoms with van der Waals surface area (Å²) in [4.78, 5) is 10.8. The van der Waals surface area contributed by atoms with Gasteiger partial charge in [0.1, 0.15) is 5.65 Å². The molecule has 1 aromatic carbocycles. The van der Waals surface area contributed by atoms with Gasteiger partial charge in [0.05, 0.1) is 39.9 Å². The van der Waals surface area contributed by atoms with E-state index in [0.29, 0.717) is 43.2 Å². The van der Waals surface area contributed by atoms with Gasteiger partial charge in [-0.05, 0) is 51.8 Å². The molecule has 2 atom stereocenters. The largest absolute Gasteiger partial charge is 0.434 e. The van der Waals surface area contributed by atoms with Crippen LogP contribution in [0.25, 0.3) is 16.6 Å². The molecule has 2 saturated heterocycles. The third-order valence-electron chi connectivity index (χ3n) is 6.41. The van der Waals surface area contributed by atoms with E-state index in [1.807, 2.05) is 51.7 Å². The average molecular weight is 496 g/mol. The van der Waals surface area contributed by atoms with Crippen LogP contribution >= 0.6 is 0 Å². The van der Waals surface area contributed by atoms with Gasteiger partial charge in [-0.1, -0.05) is 6.07 Å². The van der Waals surface area contributed by atoms with Crippen molar-refractivity contribution in [3.8, 4) is 0 Å². The number of ether oxygens (including phenoxy) is 1. The van der Waals surface area contributed by atoms with Crippen molar-refractivity contribution in [3.63, 3.8) is 0 Å². The average Bonchev–Trinajstić information content (AvgIpc) is 3.11. The van der Waals surface area contributed by atoms with Crippen LogP contribution in [0, 0.1) is 12.3 Å². The van der Waals surface area contributed by atoms with E-state index in [1.165, 1.54) is 4.40 Å². The number of hydrogen-bond donors (Lipinski definition) is 1. The van der Waals surface area contributed by atoms with E-state index in [-0.39, 0.29) is 17.1 Å².